The Kier molecular flexibility index (Phi) is 7.13. The van der Waals surface area contributed by atoms with Gasteiger partial charge in [0.25, 0.3) is 5.91 Å². The summed E-state index contributed by atoms with van der Waals surface area (Å²) in [5, 5.41) is 2.89. The first-order valence-electron chi connectivity index (χ1n) is 10.9. The van der Waals surface area contributed by atoms with Gasteiger partial charge in [-0.05, 0) is 58.2 Å². The molecule has 3 aromatic carbocycles. The van der Waals surface area contributed by atoms with Crippen molar-refractivity contribution in [2.75, 3.05) is 20.3 Å². The molecule has 7 heteroatoms. The van der Waals surface area contributed by atoms with E-state index in [1.807, 2.05) is 18.2 Å². The van der Waals surface area contributed by atoms with Gasteiger partial charge in [0, 0.05) is 19.0 Å². The number of hydrogen-bond donors (Lipinski definition) is 2. The van der Waals surface area contributed by atoms with Crippen molar-refractivity contribution < 1.29 is 23.8 Å². The van der Waals surface area contributed by atoms with Crippen LogP contribution in [0.1, 0.15) is 16.7 Å². The first-order valence-corrected chi connectivity index (χ1v) is 10.9. The number of primary amides is 1. The van der Waals surface area contributed by atoms with Gasteiger partial charge in [-0.25, -0.2) is 0 Å². The molecular weight excluding hydrogens is 432 g/mol. The second-order valence-corrected chi connectivity index (χ2v) is 7.83. The van der Waals surface area contributed by atoms with Crippen LogP contribution in [0.3, 0.4) is 0 Å². The number of nitrogens with one attached hydrogen (secondary N) is 1. The lowest BCUT2D eigenvalue weighted by Crippen LogP contribution is -2.20. The van der Waals surface area contributed by atoms with Gasteiger partial charge in [0.1, 0.15) is 5.75 Å². The molecule has 0 bridgehead atoms. The van der Waals surface area contributed by atoms with Crippen LogP contribution in [0.25, 0.3) is 17.2 Å². The van der Waals surface area contributed by atoms with Gasteiger partial charge in [-0.3, -0.25) is 9.59 Å². The van der Waals surface area contributed by atoms with Crippen LogP contribution in [0, 0.1) is 0 Å². The molecule has 34 heavy (non-hydrogen) atoms. The third-order valence-corrected chi connectivity index (χ3v) is 5.43. The van der Waals surface area contributed by atoms with Gasteiger partial charge in [0.15, 0.2) is 18.1 Å². The third kappa shape index (κ3) is 5.75. The fourth-order valence-electron chi connectivity index (χ4n) is 3.66. The molecule has 174 valence electrons. The second-order valence-electron chi connectivity index (χ2n) is 7.83. The highest BCUT2D eigenvalue weighted by Gasteiger charge is 2.12. The standard InChI is InChI=1S/C27H26N2O5/c1-32-25-14-18(4-9-24(25)34-17-26(28)30)5-11-27(31)29-16-19-2-6-20(7-3-19)21-8-10-23-22(15-21)12-13-33-23/h2-11,14-15H,12-13,16-17H2,1H3,(H2,28,30)(H,29,31)/b11-5+. The van der Waals surface area contributed by atoms with Crippen LogP contribution in [-0.4, -0.2) is 32.1 Å². The number of benzene rings is 3. The molecule has 0 atom stereocenters. The average molecular weight is 459 g/mol. The van der Waals surface area contributed by atoms with Crippen molar-refractivity contribution in [2.45, 2.75) is 13.0 Å². The zero-order valence-corrected chi connectivity index (χ0v) is 18.9. The maximum atomic E-state index is 12.3. The summed E-state index contributed by atoms with van der Waals surface area (Å²) in [6.45, 7) is 0.929. The highest BCUT2D eigenvalue weighted by Crippen LogP contribution is 2.31. The number of nitrogens with two attached hydrogens (primary N) is 1. The number of carbonyl (C=O) groups excluding carboxylic acids is 2. The average Bonchev–Trinajstić information content (AvgIpc) is 3.33. The predicted molar refractivity (Wildman–Crippen MR) is 130 cm³/mol. The number of ether oxygens (including phenoxy) is 3. The highest BCUT2D eigenvalue weighted by molar-refractivity contribution is 5.91. The van der Waals surface area contributed by atoms with Crippen LogP contribution < -0.4 is 25.3 Å². The summed E-state index contributed by atoms with van der Waals surface area (Å²) in [6, 6.07) is 19.5. The number of rotatable bonds is 9. The zero-order chi connectivity index (χ0) is 23.9. The summed E-state index contributed by atoms with van der Waals surface area (Å²) in [4.78, 5) is 23.2. The fraction of sp³-hybridized carbons (Fsp3) is 0.185. The lowest BCUT2D eigenvalue weighted by Gasteiger charge is -2.10. The molecule has 0 saturated carbocycles. The van der Waals surface area contributed by atoms with Crippen molar-refractivity contribution in [1.82, 2.24) is 5.32 Å². The topological polar surface area (TPSA) is 99.9 Å². The Morgan fingerprint density at radius 2 is 1.82 bits per heavy atom. The number of carbonyl (C=O) groups is 2. The van der Waals surface area contributed by atoms with E-state index >= 15 is 0 Å². The second kappa shape index (κ2) is 10.6. The molecule has 3 aromatic rings. The Morgan fingerprint density at radius 1 is 1.03 bits per heavy atom. The van der Waals surface area contributed by atoms with Gasteiger partial charge in [-0.1, -0.05) is 36.4 Å². The Hall–Kier alpha value is -4.26. The molecule has 1 aliphatic heterocycles. The molecule has 0 aliphatic carbocycles. The van der Waals surface area contributed by atoms with Gasteiger partial charge in [0.2, 0.25) is 5.91 Å². The largest absolute Gasteiger partial charge is 0.493 e. The van der Waals surface area contributed by atoms with Crippen LogP contribution in [0.2, 0.25) is 0 Å². The van der Waals surface area contributed by atoms with Gasteiger partial charge >= 0.3 is 0 Å². The summed E-state index contributed by atoms with van der Waals surface area (Å²) >= 11 is 0. The maximum Gasteiger partial charge on any atom is 0.255 e. The Morgan fingerprint density at radius 3 is 2.59 bits per heavy atom. The minimum absolute atomic E-state index is 0.212. The molecule has 0 aromatic heterocycles. The fourth-order valence-corrected chi connectivity index (χ4v) is 3.66. The van der Waals surface area contributed by atoms with Crippen molar-refractivity contribution in [3.05, 3.63) is 83.4 Å². The van der Waals surface area contributed by atoms with E-state index in [2.05, 4.69) is 29.6 Å². The number of amides is 2. The number of methoxy groups -OCH3 is 1. The molecular formula is C27H26N2O5. The van der Waals surface area contributed by atoms with Crippen LogP contribution in [0.5, 0.6) is 17.2 Å². The van der Waals surface area contributed by atoms with Crippen LogP contribution in [0.15, 0.2) is 66.7 Å². The quantitative estimate of drug-likeness (QED) is 0.478. The first kappa shape index (κ1) is 22.9. The minimum Gasteiger partial charge on any atom is -0.493 e. The van der Waals surface area contributed by atoms with Crippen LogP contribution >= 0.6 is 0 Å². The molecule has 2 amide bonds. The van der Waals surface area contributed by atoms with Crippen molar-refractivity contribution >= 4 is 17.9 Å². The molecule has 0 fully saturated rings. The van der Waals surface area contributed by atoms with E-state index in [0.29, 0.717) is 18.0 Å². The molecule has 0 saturated heterocycles. The maximum absolute atomic E-state index is 12.3. The lowest BCUT2D eigenvalue weighted by molar-refractivity contribution is -0.120. The summed E-state index contributed by atoms with van der Waals surface area (Å²) in [5.41, 5.74) is 10.4. The van der Waals surface area contributed by atoms with Gasteiger partial charge in [0.05, 0.1) is 13.7 Å². The first-order chi connectivity index (χ1) is 16.5. The zero-order valence-electron chi connectivity index (χ0n) is 18.9. The molecule has 0 unspecified atom stereocenters. The van der Waals surface area contributed by atoms with Gasteiger partial charge < -0.3 is 25.3 Å². The van der Waals surface area contributed by atoms with Crippen molar-refractivity contribution in [3.8, 4) is 28.4 Å². The molecule has 4 rings (SSSR count). The van der Waals surface area contributed by atoms with E-state index in [-0.39, 0.29) is 12.5 Å². The molecule has 0 spiro atoms. The van der Waals surface area contributed by atoms with Crippen molar-refractivity contribution in [2.24, 2.45) is 5.73 Å². The van der Waals surface area contributed by atoms with Gasteiger partial charge in [-0.2, -0.15) is 0 Å². The Labute approximate surface area is 198 Å². The van der Waals surface area contributed by atoms with E-state index in [1.165, 1.54) is 18.7 Å². The third-order valence-electron chi connectivity index (χ3n) is 5.43. The number of hydrogen-bond acceptors (Lipinski definition) is 5. The van der Waals surface area contributed by atoms with Crippen LogP contribution in [0.4, 0.5) is 0 Å². The van der Waals surface area contributed by atoms with E-state index < -0.39 is 5.91 Å². The molecule has 3 N–H and O–H groups in total. The lowest BCUT2D eigenvalue weighted by atomic mass is 10.0. The summed E-state index contributed by atoms with van der Waals surface area (Å²) in [6.07, 6.45) is 4.08. The molecule has 0 radical (unpaired) electrons. The monoisotopic (exact) mass is 458 g/mol. The normalized spacial score (nSPS) is 12.1. The van der Waals surface area contributed by atoms with Crippen LogP contribution in [-0.2, 0) is 22.6 Å². The number of fused-ring (bicyclic) bond motifs is 1. The molecule has 1 heterocycles. The molecule has 7 nitrogen and oxygen atoms in total. The van der Waals surface area contributed by atoms with E-state index in [4.69, 9.17) is 19.9 Å². The predicted octanol–water partition coefficient (Wildman–Crippen LogP) is 3.49. The van der Waals surface area contributed by atoms with Gasteiger partial charge in [-0.15, -0.1) is 0 Å². The van der Waals surface area contributed by atoms with Crippen molar-refractivity contribution in [1.29, 1.82) is 0 Å². The summed E-state index contributed by atoms with van der Waals surface area (Å²) < 4.78 is 16.2. The van der Waals surface area contributed by atoms with Crippen molar-refractivity contribution in [3.63, 3.8) is 0 Å². The highest BCUT2D eigenvalue weighted by atomic mass is 16.5. The summed E-state index contributed by atoms with van der Waals surface area (Å²) in [7, 11) is 1.50. The van der Waals surface area contributed by atoms with E-state index in [9.17, 15) is 9.59 Å². The van der Waals surface area contributed by atoms with E-state index in [0.717, 1.165) is 41.0 Å². The smallest absolute Gasteiger partial charge is 0.255 e. The van der Waals surface area contributed by atoms with E-state index in [1.54, 1.807) is 24.3 Å². The molecule has 1 aliphatic rings. The summed E-state index contributed by atoms with van der Waals surface area (Å²) in [5.74, 6) is 1.03. The Balaban J connectivity index is 1.32. The Bertz CT molecular complexity index is 1220. The SMILES string of the molecule is COc1cc(/C=C/C(=O)NCc2ccc(-c3ccc4c(c3)CCO4)cc2)ccc1OCC(N)=O. The minimum atomic E-state index is -0.573.